The molecular formula is C19H32IN3O2. The quantitative estimate of drug-likeness (QED) is 0.329. The van der Waals surface area contributed by atoms with Gasteiger partial charge >= 0.3 is 0 Å². The second kappa shape index (κ2) is 12.5. The highest BCUT2D eigenvalue weighted by Crippen LogP contribution is 2.30. The Morgan fingerprint density at radius 3 is 2.72 bits per heavy atom. The standard InChI is InChI=1S/C19H31N3O2.HI/c1-3-24-18(15-8-4-5-9-15)12-13-21-19(20)22-17-11-7-6-10-16(17)14-23-2;/h6-7,10-11,15,18H,3-5,8-9,12-14H2,1-2H3,(H3,20,21,22);1H. The van der Waals surface area contributed by atoms with Gasteiger partial charge in [-0.2, -0.15) is 0 Å². The summed E-state index contributed by atoms with van der Waals surface area (Å²) in [7, 11) is 1.69. The van der Waals surface area contributed by atoms with E-state index in [1.165, 1.54) is 25.7 Å². The zero-order valence-electron chi connectivity index (χ0n) is 15.4. The van der Waals surface area contributed by atoms with Crippen molar-refractivity contribution in [2.75, 3.05) is 25.6 Å². The molecule has 0 amide bonds. The SMILES string of the molecule is CCOC(CCN=C(N)Nc1ccccc1COC)C1CCCC1.I. The number of benzene rings is 1. The third kappa shape index (κ3) is 7.50. The molecule has 1 atom stereocenters. The normalized spacial score (nSPS) is 16.5. The molecule has 142 valence electrons. The van der Waals surface area contributed by atoms with Crippen LogP contribution < -0.4 is 11.1 Å². The fourth-order valence-corrected chi connectivity index (χ4v) is 3.41. The molecule has 1 aliphatic carbocycles. The molecule has 1 aromatic carbocycles. The molecule has 0 saturated heterocycles. The van der Waals surface area contributed by atoms with Crippen LogP contribution in [-0.4, -0.2) is 32.3 Å². The number of halogens is 1. The van der Waals surface area contributed by atoms with Crippen molar-refractivity contribution in [2.45, 2.75) is 51.7 Å². The smallest absolute Gasteiger partial charge is 0.193 e. The van der Waals surface area contributed by atoms with Crippen LogP contribution in [0.1, 0.15) is 44.6 Å². The van der Waals surface area contributed by atoms with E-state index in [1.54, 1.807) is 7.11 Å². The number of para-hydroxylation sites is 1. The minimum atomic E-state index is 0. The number of aliphatic imine (C=N–C) groups is 1. The Morgan fingerprint density at radius 1 is 1.32 bits per heavy atom. The van der Waals surface area contributed by atoms with Gasteiger partial charge in [0.1, 0.15) is 0 Å². The lowest BCUT2D eigenvalue weighted by atomic mass is 9.98. The largest absolute Gasteiger partial charge is 0.380 e. The number of ether oxygens (including phenoxy) is 2. The molecule has 6 heteroatoms. The molecule has 0 aromatic heterocycles. The maximum atomic E-state index is 6.04. The number of hydrogen-bond acceptors (Lipinski definition) is 3. The second-order valence-corrected chi connectivity index (χ2v) is 6.31. The van der Waals surface area contributed by atoms with Crippen molar-refractivity contribution in [3.8, 4) is 0 Å². The Balaban J connectivity index is 0.00000312. The summed E-state index contributed by atoms with van der Waals surface area (Å²) in [5.74, 6) is 1.14. The van der Waals surface area contributed by atoms with Gasteiger partial charge in [0.05, 0.1) is 12.7 Å². The average molecular weight is 461 g/mol. The van der Waals surface area contributed by atoms with E-state index in [1.807, 2.05) is 24.3 Å². The van der Waals surface area contributed by atoms with Gasteiger partial charge in [-0.3, -0.25) is 4.99 Å². The Bertz CT molecular complexity index is 519. The number of anilines is 1. The summed E-state index contributed by atoms with van der Waals surface area (Å²) < 4.78 is 11.1. The minimum Gasteiger partial charge on any atom is -0.380 e. The van der Waals surface area contributed by atoms with Gasteiger partial charge in [-0.25, -0.2) is 0 Å². The van der Waals surface area contributed by atoms with Crippen molar-refractivity contribution in [1.29, 1.82) is 0 Å². The lowest BCUT2D eigenvalue weighted by Gasteiger charge is -2.22. The first-order valence-corrected chi connectivity index (χ1v) is 9.00. The van der Waals surface area contributed by atoms with Gasteiger partial charge in [0, 0.05) is 31.5 Å². The molecule has 0 bridgehead atoms. The maximum Gasteiger partial charge on any atom is 0.193 e. The molecule has 1 unspecified atom stereocenters. The lowest BCUT2D eigenvalue weighted by Crippen LogP contribution is -2.26. The monoisotopic (exact) mass is 461 g/mol. The highest BCUT2D eigenvalue weighted by molar-refractivity contribution is 14.0. The lowest BCUT2D eigenvalue weighted by molar-refractivity contribution is 0.0178. The molecular weight excluding hydrogens is 429 g/mol. The predicted molar refractivity (Wildman–Crippen MR) is 115 cm³/mol. The molecule has 1 aromatic rings. The van der Waals surface area contributed by atoms with E-state index in [0.29, 0.717) is 31.1 Å². The van der Waals surface area contributed by atoms with Gasteiger partial charge in [-0.15, -0.1) is 24.0 Å². The van der Waals surface area contributed by atoms with Crippen LogP contribution in [0.3, 0.4) is 0 Å². The number of rotatable bonds is 9. The third-order valence-corrected chi connectivity index (χ3v) is 4.58. The summed E-state index contributed by atoms with van der Waals surface area (Å²) in [5, 5.41) is 3.18. The van der Waals surface area contributed by atoms with Gasteiger partial charge in [-0.1, -0.05) is 31.0 Å². The zero-order valence-corrected chi connectivity index (χ0v) is 17.7. The van der Waals surface area contributed by atoms with Crippen molar-refractivity contribution < 1.29 is 9.47 Å². The van der Waals surface area contributed by atoms with E-state index in [4.69, 9.17) is 15.2 Å². The average Bonchev–Trinajstić information content (AvgIpc) is 3.10. The van der Waals surface area contributed by atoms with Gasteiger partial charge in [0.25, 0.3) is 0 Å². The molecule has 2 rings (SSSR count). The Labute approximate surface area is 168 Å². The first kappa shape index (κ1) is 22.2. The van der Waals surface area contributed by atoms with Gasteiger partial charge in [0.15, 0.2) is 5.96 Å². The number of nitrogens with one attached hydrogen (secondary N) is 1. The van der Waals surface area contributed by atoms with E-state index in [9.17, 15) is 0 Å². The summed E-state index contributed by atoms with van der Waals surface area (Å²) >= 11 is 0. The summed E-state index contributed by atoms with van der Waals surface area (Å²) in [5.41, 5.74) is 8.05. The van der Waals surface area contributed by atoms with E-state index >= 15 is 0 Å². The van der Waals surface area contributed by atoms with Crippen LogP contribution in [0.5, 0.6) is 0 Å². The van der Waals surface area contributed by atoms with Crippen LogP contribution in [0.2, 0.25) is 0 Å². The molecule has 0 aliphatic heterocycles. The van der Waals surface area contributed by atoms with Crippen molar-refractivity contribution in [3.63, 3.8) is 0 Å². The predicted octanol–water partition coefficient (Wildman–Crippen LogP) is 4.16. The molecule has 25 heavy (non-hydrogen) atoms. The van der Waals surface area contributed by atoms with Crippen LogP contribution in [-0.2, 0) is 16.1 Å². The van der Waals surface area contributed by atoms with E-state index in [-0.39, 0.29) is 24.0 Å². The molecule has 3 N–H and O–H groups in total. The van der Waals surface area contributed by atoms with E-state index < -0.39 is 0 Å². The van der Waals surface area contributed by atoms with Crippen LogP contribution in [0.15, 0.2) is 29.3 Å². The third-order valence-electron chi connectivity index (χ3n) is 4.58. The minimum absolute atomic E-state index is 0. The number of nitrogens with two attached hydrogens (primary N) is 1. The van der Waals surface area contributed by atoms with Crippen molar-refractivity contribution in [1.82, 2.24) is 0 Å². The van der Waals surface area contributed by atoms with Crippen LogP contribution in [0.25, 0.3) is 0 Å². The highest BCUT2D eigenvalue weighted by Gasteiger charge is 2.24. The first-order chi connectivity index (χ1) is 11.7. The van der Waals surface area contributed by atoms with Crippen molar-refractivity contribution in [2.24, 2.45) is 16.6 Å². The Kier molecular flexibility index (Phi) is 11.1. The molecule has 1 saturated carbocycles. The van der Waals surface area contributed by atoms with Gasteiger partial charge in [0.2, 0.25) is 0 Å². The van der Waals surface area contributed by atoms with Crippen molar-refractivity contribution in [3.05, 3.63) is 29.8 Å². The number of nitrogens with zero attached hydrogens (tertiary/aromatic N) is 1. The van der Waals surface area contributed by atoms with Crippen molar-refractivity contribution >= 4 is 35.6 Å². The maximum absolute atomic E-state index is 6.04. The zero-order chi connectivity index (χ0) is 17.2. The molecule has 0 heterocycles. The summed E-state index contributed by atoms with van der Waals surface area (Å²) in [6.45, 7) is 4.06. The molecule has 1 fully saturated rings. The summed E-state index contributed by atoms with van der Waals surface area (Å²) in [6.07, 6.45) is 6.48. The molecule has 0 radical (unpaired) electrons. The fraction of sp³-hybridized carbons (Fsp3) is 0.632. The number of methoxy groups -OCH3 is 1. The Morgan fingerprint density at radius 2 is 2.04 bits per heavy atom. The highest BCUT2D eigenvalue weighted by atomic mass is 127. The molecule has 5 nitrogen and oxygen atoms in total. The van der Waals surface area contributed by atoms with E-state index in [0.717, 1.165) is 24.3 Å². The number of hydrogen-bond donors (Lipinski definition) is 2. The summed E-state index contributed by atoms with van der Waals surface area (Å²) in [6, 6.07) is 7.96. The second-order valence-electron chi connectivity index (χ2n) is 6.31. The van der Waals surface area contributed by atoms with Crippen LogP contribution >= 0.6 is 24.0 Å². The topological polar surface area (TPSA) is 68.9 Å². The van der Waals surface area contributed by atoms with E-state index in [2.05, 4.69) is 17.2 Å². The number of guanidine groups is 1. The van der Waals surface area contributed by atoms with Crippen LogP contribution in [0.4, 0.5) is 5.69 Å². The first-order valence-electron chi connectivity index (χ1n) is 9.00. The fourth-order valence-electron chi connectivity index (χ4n) is 3.41. The van der Waals surface area contributed by atoms with Gasteiger partial charge in [-0.05, 0) is 38.2 Å². The van der Waals surface area contributed by atoms with Crippen LogP contribution in [0, 0.1) is 5.92 Å². The molecule has 1 aliphatic rings. The van der Waals surface area contributed by atoms with Gasteiger partial charge < -0.3 is 20.5 Å². The Hall–Kier alpha value is -0.860. The summed E-state index contributed by atoms with van der Waals surface area (Å²) in [4.78, 5) is 4.48. The molecule has 0 spiro atoms.